The predicted octanol–water partition coefficient (Wildman–Crippen LogP) is 2.23. The van der Waals surface area contributed by atoms with Crippen LogP contribution in [0.25, 0.3) is 0 Å². The van der Waals surface area contributed by atoms with Crippen molar-refractivity contribution in [2.75, 3.05) is 31.1 Å². The van der Waals surface area contributed by atoms with Crippen molar-refractivity contribution in [3.8, 4) is 0 Å². The third-order valence-corrected chi connectivity index (χ3v) is 5.38. The second-order valence-corrected chi connectivity index (χ2v) is 8.93. The fourth-order valence-corrected chi connectivity index (χ4v) is 3.87. The third-order valence-electron chi connectivity index (χ3n) is 5.38. The molecular weight excluding hydrogens is 384 g/mol. The summed E-state index contributed by atoms with van der Waals surface area (Å²) in [6, 6.07) is 8.10. The molecule has 164 valence electrons. The van der Waals surface area contributed by atoms with Gasteiger partial charge >= 0.3 is 6.09 Å². The molecule has 2 heterocycles. The number of likely N-dealkylation sites (tertiary alicyclic amines) is 1. The second-order valence-electron chi connectivity index (χ2n) is 8.93. The summed E-state index contributed by atoms with van der Waals surface area (Å²) in [5, 5.41) is 0. The molecule has 0 saturated carbocycles. The molecule has 0 unspecified atom stereocenters. The number of nitrogens with zero attached hydrogens (tertiary/aromatic N) is 2. The molecule has 2 N–H and O–H groups in total. The summed E-state index contributed by atoms with van der Waals surface area (Å²) in [6.07, 6.45) is 2.76. The van der Waals surface area contributed by atoms with Crippen LogP contribution in [0.1, 0.15) is 45.6 Å². The lowest BCUT2D eigenvalue weighted by Crippen LogP contribution is -2.51. The lowest BCUT2D eigenvalue weighted by molar-refractivity contribution is -0.131. The molecule has 8 nitrogen and oxygen atoms in total. The summed E-state index contributed by atoms with van der Waals surface area (Å²) < 4.78 is 5.37. The molecule has 1 fully saturated rings. The number of ether oxygens (including phenoxy) is 1. The first-order chi connectivity index (χ1) is 14.2. The maximum Gasteiger partial charge on any atom is 0.410 e. The lowest BCUT2D eigenvalue weighted by atomic mass is 9.96. The van der Waals surface area contributed by atoms with Crippen molar-refractivity contribution < 1.29 is 19.1 Å². The first-order valence-electron chi connectivity index (χ1n) is 10.6. The van der Waals surface area contributed by atoms with Gasteiger partial charge in [0.1, 0.15) is 5.60 Å². The van der Waals surface area contributed by atoms with E-state index in [0.29, 0.717) is 25.9 Å². The Kier molecular flexibility index (Phi) is 6.84. The third kappa shape index (κ3) is 5.87. The molecule has 8 heteroatoms. The highest BCUT2D eigenvalue weighted by molar-refractivity contribution is 5.86. The Labute approximate surface area is 177 Å². The molecule has 2 aliphatic rings. The molecule has 0 radical (unpaired) electrons. The SMILES string of the molecule is CC(C)(C)OC(=O)N1CCC(C(=O)NNC(=O)CN2CCCc3ccccc32)CC1. The van der Waals surface area contributed by atoms with Gasteiger partial charge in [0.25, 0.3) is 5.91 Å². The molecule has 1 aromatic carbocycles. The highest BCUT2D eigenvalue weighted by atomic mass is 16.6. The number of carbonyl (C=O) groups is 3. The molecule has 0 aliphatic carbocycles. The average molecular weight is 417 g/mol. The Bertz CT molecular complexity index is 782. The van der Waals surface area contributed by atoms with Crippen molar-refractivity contribution in [2.24, 2.45) is 5.92 Å². The van der Waals surface area contributed by atoms with Crippen molar-refractivity contribution in [3.63, 3.8) is 0 Å². The largest absolute Gasteiger partial charge is 0.444 e. The molecular formula is C22H32N4O4. The number of carbonyl (C=O) groups excluding carboxylic acids is 3. The number of aryl methyl sites for hydroxylation is 1. The highest BCUT2D eigenvalue weighted by Gasteiger charge is 2.30. The number of benzene rings is 1. The number of amides is 3. The molecule has 0 aromatic heterocycles. The number of anilines is 1. The van der Waals surface area contributed by atoms with Gasteiger partial charge in [0.2, 0.25) is 5.91 Å². The molecule has 3 rings (SSSR count). The highest BCUT2D eigenvalue weighted by Crippen LogP contribution is 2.26. The maximum absolute atomic E-state index is 12.4. The van der Waals surface area contributed by atoms with Crippen LogP contribution >= 0.6 is 0 Å². The zero-order valence-corrected chi connectivity index (χ0v) is 18.1. The molecule has 1 aromatic rings. The molecule has 1 saturated heterocycles. The Morgan fingerprint density at radius 3 is 2.47 bits per heavy atom. The van der Waals surface area contributed by atoms with E-state index < -0.39 is 5.60 Å². The summed E-state index contributed by atoms with van der Waals surface area (Å²) >= 11 is 0. The normalized spacial score (nSPS) is 17.2. The topological polar surface area (TPSA) is 91.0 Å². The minimum absolute atomic E-state index is 0.203. The van der Waals surface area contributed by atoms with Crippen LogP contribution < -0.4 is 15.8 Å². The van der Waals surface area contributed by atoms with Gasteiger partial charge in [-0.3, -0.25) is 20.4 Å². The Balaban J connectivity index is 1.41. The smallest absolute Gasteiger partial charge is 0.410 e. The standard InChI is InChI=1S/C22H32N4O4/c1-22(2,3)30-21(29)25-13-10-17(11-14-25)20(28)24-23-19(27)15-26-12-6-8-16-7-4-5-9-18(16)26/h4-5,7,9,17H,6,8,10-15H2,1-3H3,(H,23,27)(H,24,28). The van der Waals surface area contributed by atoms with Crippen molar-refractivity contribution in [1.29, 1.82) is 0 Å². The zero-order chi connectivity index (χ0) is 21.7. The van der Waals surface area contributed by atoms with Crippen LogP contribution in [0.4, 0.5) is 10.5 Å². The van der Waals surface area contributed by atoms with Crippen molar-refractivity contribution in [3.05, 3.63) is 29.8 Å². The molecule has 2 aliphatic heterocycles. The first-order valence-corrected chi connectivity index (χ1v) is 10.6. The number of hydrogen-bond acceptors (Lipinski definition) is 5. The zero-order valence-electron chi connectivity index (χ0n) is 18.1. The van der Waals surface area contributed by atoms with Gasteiger partial charge in [0, 0.05) is 31.2 Å². The minimum Gasteiger partial charge on any atom is -0.444 e. The maximum atomic E-state index is 12.4. The number of piperidine rings is 1. The molecule has 0 atom stereocenters. The van der Waals surface area contributed by atoms with Gasteiger partial charge in [-0.2, -0.15) is 0 Å². The van der Waals surface area contributed by atoms with Crippen LogP contribution in [0.5, 0.6) is 0 Å². The quantitative estimate of drug-likeness (QED) is 0.738. The van der Waals surface area contributed by atoms with E-state index >= 15 is 0 Å². The summed E-state index contributed by atoms with van der Waals surface area (Å²) in [5.74, 6) is -0.697. The van der Waals surface area contributed by atoms with Gasteiger partial charge in [-0.1, -0.05) is 18.2 Å². The minimum atomic E-state index is -0.537. The van der Waals surface area contributed by atoms with Gasteiger partial charge in [-0.15, -0.1) is 0 Å². The summed E-state index contributed by atoms with van der Waals surface area (Å²) in [4.78, 5) is 40.6. The molecule has 30 heavy (non-hydrogen) atoms. The Morgan fingerprint density at radius 2 is 1.77 bits per heavy atom. The second kappa shape index (κ2) is 9.36. The van der Waals surface area contributed by atoms with Crippen molar-refractivity contribution in [1.82, 2.24) is 15.8 Å². The average Bonchev–Trinajstić information content (AvgIpc) is 2.71. The van der Waals surface area contributed by atoms with E-state index in [4.69, 9.17) is 4.74 Å². The van der Waals surface area contributed by atoms with E-state index in [9.17, 15) is 14.4 Å². The van der Waals surface area contributed by atoms with Gasteiger partial charge < -0.3 is 14.5 Å². The molecule has 0 spiro atoms. The first kappa shape index (κ1) is 21.9. The van der Waals surface area contributed by atoms with Crippen LogP contribution in [0.15, 0.2) is 24.3 Å². The van der Waals surface area contributed by atoms with E-state index in [1.54, 1.807) is 4.90 Å². The summed E-state index contributed by atoms with van der Waals surface area (Å²) in [5.41, 5.74) is 6.88. The number of fused-ring (bicyclic) bond motifs is 1. The lowest BCUT2D eigenvalue weighted by Gasteiger charge is -2.33. The van der Waals surface area contributed by atoms with Crippen LogP contribution in [0.3, 0.4) is 0 Å². The number of rotatable bonds is 3. The summed E-state index contributed by atoms with van der Waals surface area (Å²) in [7, 11) is 0. The van der Waals surface area contributed by atoms with E-state index in [1.165, 1.54) is 5.56 Å². The predicted molar refractivity (Wildman–Crippen MR) is 114 cm³/mol. The van der Waals surface area contributed by atoms with Gasteiger partial charge in [-0.25, -0.2) is 4.79 Å². The van der Waals surface area contributed by atoms with E-state index in [0.717, 1.165) is 25.1 Å². The van der Waals surface area contributed by atoms with Gasteiger partial charge in [0.05, 0.1) is 6.54 Å². The summed E-state index contributed by atoms with van der Waals surface area (Å²) in [6.45, 7) is 7.44. The molecule has 3 amide bonds. The van der Waals surface area contributed by atoms with E-state index in [-0.39, 0.29) is 30.4 Å². The van der Waals surface area contributed by atoms with Crippen molar-refractivity contribution >= 4 is 23.6 Å². The van der Waals surface area contributed by atoms with Crippen LogP contribution in [0, 0.1) is 5.92 Å². The van der Waals surface area contributed by atoms with E-state index in [2.05, 4.69) is 16.9 Å². The van der Waals surface area contributed by atoms with Crippen LogP contribution in [-0.2, 0) is 20.7 Å². The van der Waals surface area contributed by atoms with Gasteiger partial charge in [0.15, 0.2) is 0 Å². The fourth-order valence-electron chi connectivity index (χ4n) is 3.87. The monoisotopic (exact) mass is 416 g/mol. The number of nitrogens with one attached hydrogen (secondary N) is 2. The molecule has 0 bridgehead atoms. The number of hydrazine groups is 1. The van der Waals surface area contributed by atoms with E-state index in [1.807, 2.05) is 43.9 Å². The fraction of sp³-hybridized carbons (Fsp3) is 0.591. The van der Waals surface area contributed by atoms with Crippen LogP contribution in [0.2, 0.25) is 0 Å². The number of hydrogen-bond donors (Lipinski definition) is 2. The number of para-hydroxylation sites is 1. The van der Waals surface area contributed by atoms with Crippen molar-refractivity contribution in [2.45, 2.75) is 52.1 Å². The van der Waals surface area contributed by atoms with Gasteiger partial charge in [-0.05, 0) is 58.1 Å². The Morgan fingerprint density at radius 1 is 1.07 bits per heavy atom. The Hall–Kier alpha value is -2.77. The van der Waals surface area contributed by atoms with Crippen LogP contribution in [-0.4, -0.2) is 54.6 Å².